The fourth-order valence-corrected chi connectivity index (χ4v) is 1.87. The van der Waals surface area contributed by atoms with Crippen LogP contribution in [0.4, 0.5) is 17.3 Å². The molecule has 0 aliphatic rings. The van der Waals surface area contributed by atoms with Crippen LogP contribution < -0.4 is 10.6 Å². The van der Waals surface area contributed by atoms with Crippen LogP contribution in [0, 0.1) is 16.0 Å². The highest BCUT2D eigenvalue weighted by Crippen LogP contribution is 2.24. The Bertz CT molecular complexity index is 434. The first-order valence-electron chi connectivity index (χ1n) is 5.96. The standard InChI is InChI=1S/C12H20N4O2/c1-8(2)7-9(3)15(4)11-6-5-10(16(17)18)12(13)14-11/h5-6,8-9H,7H2,1-4H3,(H2,13,14). The number of nitrogens with zero attached hydrogens (tertiary/aromatic N) is 3. The van der Waals surface area contributed by atoms with Crippen molar-refractivity contribution < 1.29 is 4.92 Å². The van der Waals surface area contributed by atoms with Crippen molar-refractivity contribution in [2.75, 3.05) is 17.7 Å². The van der Waals surface area contributed by atoms with Gasteiger partial charge in [-0.25, -0.2) is 4.98 Å². The van der Waals surface area contributed by atoms with E-state index in [1.165, 1.54) is 6.07 Å². The number of aromatic nitrogens is 1. The molecule has 1 atom stereocenters. The molecule has 0 fully saturated rings. The van der Waals surface area contributed by atoms with E-state index in [2.05, 4.69) is 25.8 Å². The minimum absolute atomic E-state index is 0.0407. The van der Waals surface area contributed by atoms with Crippen LogP contribution in [0.1, 0.15) is 27.2 Å². The van der Waals surface area contributed by atoms with Gasteiger partial charge in [-0.2, -0.15) is 0 Å². The average molecular weight is 252 g/mol. The molecule has 6 nitrogen and oxygen atoms in total. The van der Waals surface area contributed by atoms with Crippen molar-refractivity contribution in [1.29, 1.82) is 0 Å². The molecule has 0 aliphatic carbocycles. The number of anilines is 2. The maximum Gasteiger partial charge on any atom is 0.311 e. The molecule has 0 radical (unpaired) electrons. The van der Waals surface area contributed by atoms with Crippen molar-refractivity contribution in [3.05, 3.63) is 22.2 Å². The molecule has 0 spiro atoms. The summed E-state index contributed by atoms with van der Waals surface area (Å²) in [5, 5.41) is 10.7. The zero-order valence-corrected chi connectivity index (χ0v) is 11.3. The normalized spacial score (nSPS) is 12.5. The molecule has 1 rings (SSSR count). The van der Waals surface area contributed by atoms with Crippen LogP contribution in [0.2, 0.25) is 0 Å². The van der Waals surface area contributed by atoms with Gasteiger partial charge in [0.1, 0.15) is 5.82 Å². The maximum absolute atomic E-state index is 10.7. The maximum atomic E-state index is 10.7. The average Bonchev–Trinajstić information content (AvgIpc) is 2.26. The number of nitro groups is 1. The molecule has 0 amide bonds. The van der Waals surface area contributed by atoms with Gasteiger partial charge in [-0.05, 0) is 25.3 Å². The Labute approximate surface area is 107 Å². The zero-order chi connectivity index (χ0) is 13.9. The topological polar surface area (TPSA) is 85.3 Å². The van der Waals surface area contributed by atoms with Crippen LogP contribution in [-0.4, -0.2) is 23.0 Å². The highest BCUT2D eigenvalue weighted by atomic mass is 16.6. The summed E-state index contributed by atoms with van der Waals surface area (Å²) in [5.41, 5.74) is 5.43. The second-order valence-electron chi connectivity index (χ2n) is 4.92. The molecule has 1 aromatic rings. The summed E-state index contributed by atoms with van der Waals surface area (Å²) in [6.45, 7) is 6.41. The molecule has 0 aromatic carbocycles. The Kier molecular flexibility index (Phi) is 4.47. The minimum atomic E-state index is -0.524. The number of nitrogens with two attached hydrogens (primary N) is 1. The lowest BCUT2D eigenvalue weighted by atomic mass is 10.0. The predicted octanol–water partition coefficient (Wildman–Crippen LogP) is 2.44. The summed E-state index contributed by atoms with van der Waals surface area (Å²) in [4.78, 5) is 16.2. The first kappa shape index (κ1) is 14.2. The van der Waals surface area contributed by atoms with E-state index >= 15 is 0 Å². The van der Waals surface area contributed by atoms with Gasteiger partial charge in [0.25, 0.3) is 0 Å². The largest absolute Gasteiger partial charge is 0.378 e. The van der Waals surface area contributed by atoms with E-state index in [1.807, 2.05) is 11.9 Å². The third-order valence-electron chi connectivity index (χ3n) is 2.92. The molecule has 18 heavy (non-hydrogen) atoms. The van der Waals surface area contributed by atoms with Gasteiger partial charge in [0.05, 0.1) is 4.92 Å². The van der Waals surface area contributed by atoms with Gasteiger partial charge in [-0.3, -0.25) is 10.1 Å². The minimum Gasteiger partial charge on any atom is -0.378 e. The van der Waals surface area contributed by atoms with Gasteiger partial charge in [0.2, 0.25) is 5.82 Å². The molecule has 6 heteroatoms. The zero-order valence-electron chi connectivity index (χ0n) is 11.3. The van der Waals surface area contributed by atoms with Crippen molar-refractivity contribution in [2.24, 2.45) is 5.92 Å². The van der Waals surface area contributed by atoms with Crippen molar-refractivity contribution >= 4 is 17.3 Å². The molecule has 1 unspecified atom stereocenters. The van der Waals surface area contributed by atoms with Crippen molar-refractivity contribution in [3.63, 3.8) is 0 Å². The van der Waals surface area contributed by atoms with Gasteiger partial charge in [0, 0.05) is 19.2 Å². The molecule has 0 bridgehead atoms. The third-order valence-corrected chi connectivity index (χ3v) is 2.92. The SMILES string of the molecule is CC(C)CC(C)N(C)c1ccc([N+](=O)[O-])c(N)n1. The van der Waals surface area contributed by atoms with Crippen molar-refractivity contribution in [2.45, 2.75) is 33.2 Å². The molecule has 100 valence electrons. The summed E-state index contributed by atoms with van der Waals surface area (Å²) >= 11 is 0. The Balaban J connectivity index is 2.90. The monoisotopic (exact) mass is 252 g/mol. The fourth-order valence-electron chi connectivity index (χ4n) is 1.87. The highest BCUT2D eigenvalue weighted by Gasteiger charge is 2.17. The number of rotatable bonds is 5. The van der Waals surface area contributed by atoms with Crippen molar-refractivity contribution in [3.8, 4) is 0 Å². The van der Waals surface area contributed by atoms with Crippen LogP contribution >= 0.6 is 0 Å². The van der Waals surface area contributed by atoms with Gasteiger partial charge in [0.15, 0.2) is 0 Å². The van der Waals surface area contributed by atoms with Crippen LogP contribution in [0.15, 0.2) is 12.1 Å². The highest BCUT2D eigenvalue weighted by molar-refractivity contribution is 5.57. The molecular weight excluding hydrogens is 232 g/mol. The Morgan fingerprint density at radius 2 is 2.06 bits per heavy atom. The van der Waals surface area contributed by atoms with E-state index in [4.69, 9.17) is 5.73 Å². The van der Waals surface area contributed by atoms with Crippen LogP contribution in [0.25, 0.3) is 0 Å². The van der Waals surface area contributed by atoms with E-state index in [-0.39, 0.29) is 11.5 Å². The molecule has 1 aromatic heterocycles. The Morgan fingerprint density at radius 1 is 1.44 bits per heavy atom. The van der Waals surface area contributed by atoms with Crippen molar-refractivity contribution in [1.82, 2.24) is 4.98 Å². The summed E-state index contributed by atoms with van der Waals surface area (Å²) < 4.78 is 0. The van der Waals surface area contributed by atoms with Gasteiger partial charge >= 0.3 is 5.69 Å². The van der Waals surface area contributed by atoms with E-state index in [0.717, 1.165) is 6.42 Å². The fraction of sp³-hybridized carbons (Fsp3) is 0.583. The molecule has 0 aliphatic heterocycles. The molecule has 2 N–H and O–H groups in total. The smallest absolute Gasteiger partial charge is 0.311 e. The summed E-state index contributed by atoms with van der Waals surface area (Å²) in [6, 6.07) is 3.33. The Hall–Kier alpha value is -1.85. The molecular formula is C12H20N4O2. The van der Waals surface area contributed by atoms with E-state index in [9.17, 15) is 10.1 Å². The molecule has 0 saturated heterocycles. The Morgan fingerprint density at radius 3 is 2.50 bits per heavy atom. The first-order chi connectivity index (χ1) is 8.32. The van der Waals surface area contributed by atoms with Gasteiger partial charge in [-0.15, -0.1) is 0 Å². The molecule has 0 saturated carbocycles. The number of hydrogen-bond acceptors (Lipinski definition) is 5. The quantitative estimate of drug-likeness (QED) is 0.642. The summed E-state index contributed by atoms with van der Waals surface area (Å²) in [5.74, 6) is 1.20. The molecule has 1 heterocycles. The lowest BCUT2D eigenvalue weighted by Gasteiger charge is -2.27. The van der Waals surface area contributed by atoms with E-state index < -0.39 is 4.92 Å². The summed E-state index contributed by atoms with van der Waals surface area (Å²) in [6.07, 6.45) is 1.02. The number of pyridine rings is 1. The van der Waals surface area contributed by atoms with Crippen LogP contribution in [-0.2, 0) is 0 Å². The van der Waals surface area contributed by atoms with Crippen LogP contribution in [0.5, 0.6) is 0 Å². The van der Waals surface area contributed by atoms with E-state index in [1.54, 1.807) is 6.07 Å². The second kappa shape index (κ2) is 5.66. The van der Waals surface area contributed by atoms with Gasteiger partial charge in [-0.1, -0.05) is 13.8 Å². The predicted molar refractivity (Wildman–Crippen MR) is 72.6 cm³/mol. The first-order valence-corrected chi connectivity index (χ1v) is 5.96. The number of nitrogen functional groups attached to an aromatic ring is 1. The van der Waals surface area contributed by atoms with Gasteiger partial charge < -0.3 is 10.6 Å². The second-order valence-corrected chi connectivity index (χ2v) is 4.92. The lowest BCUT2D eigenvalue weighted by molar-refractivity contribution is -0.384. The third kappa shape index (κ3) is 3.32. The van der Waals surface area contributed by atoms with E-state index in [0.29, 0.717) is 17.8 Å². The lowest BCUT2D eigenvalue weighted by Crippen LogP contribution is -2.30. The summed E-state index contributed by atoms with van der Waals surface area (Å²) in [7, 11) is 1.92. The van der Waals surface area contributed by atoms with Crippen LogP contribution in [0.3, 0.4) is 0 Å². The number of hydrogen-bond donors (Lipinski definition) is 1.